The summed E-state index contributed by atoms with van der Waals surface area (Å²) < 4.78 is 0. The molecule has 0 unspecified atom stereocenters. The Hall–Kier alpha value is -1.51. The number of pyridine rings is 1. The Bertz CT molecular complexity index is 532. The summed E-state index contributed by atoms with van der Waals surface area (Å²) in [5.74, 6) is 0. The molecular weight excluding hydrogens is 210 g/mol. The molecule has 0 radical (unpaired) electrons. The summed E-state index contributed by atoms with van der Waals surface area (Å²) in [6, 6.07) is 3.88. The van der Waals surface area contributed by atoms with Gasteiger partial charge in [-0.1, -0.05) is 27.7 Å². The first kappa shape index (κ1) is 12.0. The SMILES string of the molecule is CCc1nc2ncccc2nc1C(C)(C)CC. The third kappa shape index (κ3) is 2.14. The van der Waals surface area contributed by atoms with Crippen molar-refractivity contribution in [2.45, 2.75) is 46.0 Å². The molecule has 0 fully saturated rings. The zero-order valence-electron chi connectivity index (χ0n) is 11.0. The highest BCUT2D eigenvalue weighted by atomic mass is 14.9. The van der Waals surface area contributed by atoms with Gasteiger partial charge in [0.25, 0.3) is 0 Å². The van der Waals surface area contributed by atoms with Gasteiger partial charge in [-0.3, -0.25) is 0 Å². The molecular formula is C14H19N3. The fourth-order valence-corrected chi connectivity index (χ4v) is 1.88. The molecule has 3 heteroatoms. The maximum atomic E-state index is 4.76. The maximum Gasteiger partial charge on any atom is 0.178 e. The van der Waals surface area contributed by atoms with E-state index in [0.717, 1.165) is 35.4 Å². The Morgan fingerprint density at radius 2 is 1.94 bits per heavy atom. The van der Waals surface area contributed by atoms with Crippen LogP contribution < -0.4 is 0 Å². The standard InChI is InChI=1S/C14H19N3/c1-5-10-12(14(3,4)6-2)16-11-8-7-9-15-13(11)17-10/h7-9H,5-6H2,1-4H3. The summed E-state index contributed by atoms with van der Waals surface area (Å²) in [6.07, 6.45) is 3.72. The van der Waals surface area contributed by atoms with Gasteiger partial charge in [-0.05, 0) is 25.0 Å². The molecule has 0 N–H and O–H groups in total. The van der Waals surface area contributed by atoms with Gasteiger partial charge in [-0.2, -0.15) is 0 Å². The van der Waals surface area contributed by atoms with E-state index < -0.39 is 0 Å². The average molecular weight is 229 g/mol. The van der Waals surface area contributed by atoms with Gasteiger partial charge in [0.05, 0.1) is 11.4 Å². The van der Waals surface area contributed by atoms with Crippen LogP contribution in [0.25, 0.3) is 11.2 Å². The monoisotopic (exact) mass is 229 g/mol. The lowest BCUT2D eigenvalue weighted by molar-refractivity contribution is 0.484. The van der Waals surface area contributed by atoms with E-state index in [9.17, 15) is 0 Å². The van der Waals surface area contributed by atoms with Crippen LogP contribution in [0.2, 0.25) is 0 Å². The van der Waals surface area contributed by atoms with Crippen LogP contribution in [-0.4, -0.2) is 15.0 Å². The molecule has 17 heavy (non-hydrogen) atoms. The van der Waals surface area contributed by atoms with E-state index in [1.807, 2.05) is 12.1 Å². The average Bonchev–Trinajstić information content (AvgIpc) is 2.37. The summed E-state index contributed by atoms with van der Waals surface area (Å²) in [4.78, 5) is 13.7. The third-order valence-electron chi connectivity index (χ3n) is 3.37. The van der Waals surface area contributed by atoms with E-state index in [1.165, 1.54) is 0 Å². The molecule has 0 atom stereocenters. The second kappa shape index (κ2) is 4.40. The first-order valence-corrected chi connectivity index (χ1v) is 6.20. The summed E-state index contributed by atoms with van der Waals surface area (Å²) in [5.41, 5.74) is 3.90. The van der Waals surface area contributed by atoms with Crippen molar-refractivity contribution in [2.24, 2.45) is 0 Å². The van der Waals surface area contributed by atoms with Gasteiger partial charge < -0.3 is 0 Å². The molecule has 0 spiro atoms. The smallest absolute Gasteiger partial charge is 0.178 e. The van der Waals surface area contributed by atoms with Gasteiger partial charge >= 0.3 is 0 Å². The van der Waals surface area contributed by atoms with Crippen LogP contribution in [0.4, 0.5) is 0 Å². The molecule has 0 saturated carbocycles. The number of aromatic nitrogens is 3. The van der Waals surface area contributed by atoms with E-state index in [4.69, 9.17) is 4.98 Å². The van der Waals surface area contributed by atoms with Crippen LogP contribution in [-0.2, 0) is 11.8 Å². The Balaban J connectivity index is 2.69. The fraction of sp³-hybridized carbons (Fsp3) is 0.500. The minimum Gasteiger partial charge on any atom is -0.247 e. The number of nitrogens with zero attached hydrogens (tertiary/aromatic N) is 3. The quantitative estimate of drug-likeness (QED) is 0.810. The van der Waals surface area contributed by atoms with Crippen molar-refractivity contribution in [1.82, 2.24) is 15.0 Å². The molecule has 0 aliphatic heterocycles. The van der Waals surface area contributed by atoms with Crippen molar-refractivity contribution < 1.29 is 0 Å². The first-order chi connectivity index (χ1) is 8.08. The predicted octanol–water partition coefficient (Wildman–Crippen LogP) is 3.27. The summed E-state index contributed by atoms with van der Waals surface area (Å²) in [7, 11) is 0. The van der Waals surface area contributed by atoms with Crippen molar-refractivity contribution in [1.29, 1.82) is 0 Å². The molecule has 3 nitrogen and oxygen atoms in total. The van der Waals surface area contributed by atoms with Crippen molar-refractivity contribution in [3.05, 3.63) is 29.7 Å². The maximum absolute atomic E-state index is 4.76. The van der Waals surface area contributed by atoms with Crippen LogP contribution in [0.3, 0.4) is 0 Å². The molecule has 0 aromatic carbocycles. The highest BCUT2D eigenvalue weighted by Crippen LogP contribution is 2.28. The molecule has 0 saturated heterocycles. The van der Waals surface area contributed by atoms with E-state index in [0.29, 0.717) is 0 Å². The molecule has 2 heterocycles. The lowest BCUT2D eigenvalue weighted by Gasteiger charge is -2.24. The number of hydrogen-bond acceptors (Lipinski definition) is 3. The van der Waals surface area contributed by atoms with Gasteiger partial charge in [-0.15, -0.1) is 0 Å². The third-order valence-corrected chi connectivity index (χ3v) is 3.37. The van der Waals surface area contributed by atoms with Gasteiger partial charge in [0, 0.05) is 11.6 Å². The zero-order valence-corrected chi connectivity index (χ0v) is 11.0. The van der Waals surface area contributed by atoms with Crippen LogP contribution in [0.1, 0.15) is 45.5 Å². The first-order valence-electron chi connectivity index (χ1n) is 6.20. The molecule has 0 bridgehead atoms. The molecule has 0 amide bonds. The van der Waals surface area contributed by atoms with Crippen LogP contribution in [0.5, 0.6) is 0 Å². The highest BCUT2D eigenvalue weighted by Gasteiger charge is 2.24. The van der Waals surface area contributed by atoms with Crippen LogP contribution >= 0.6 is 0 Å². The van der Waals surface area contributed by atoms with Gasteiger partial charge in [0.15, 0.2) is 5.65 Å². The zero-order chi connectivity index (χ0) is 12.5. The number of hydrogen-bond donors (Lipinski definition) is 0. The van der Waals surface area contributed by atoms with E-state index in [2.05, 4.69) is 37.7 Å². The number of aryl methyl sites for hydroxylation is 1. The largest absolute Gasteiger partial charge is 0.247 e. The van der Waals surface area contributed by atoms with Crippen molar-refractivity contribution in [3.8, 4) is 0 Å². The Morgan fingerprint density at radius 1 is 1.18 bits per heavy atom. The summed E-state index contributed by atoms with van der Waals surface area (Å²) in [5, 5.41) is 0. The Labute approximate surface area is 102 Å². The minimum absolute atomic E-state index is 0.0718. The lowest BCUT2D eigenvalue weighted by Crippen LogP contribution is -2.21. The molecule has 2 aromatic rings. The number of fused-ring (bicyclic) bond motifs is 1. The van der Waals surface area contributed by atoms with Gasteiger partial charge in [0.2, 0.25) is 0 Å². The van der Waals surface area contributed by atoms with E-state index in [-0.39, 0.29) is 5.41 Å². The normalized spacial score (nSPS) is 12.0. The topological polar surface area (TPSA) is 38.7 Å². The fourth-order valence-electron chi connectivity index (χ4n) is 1.88. The second-order valence-corrected chi connectivity index (χ2v) is 4.96. The highest BCUT2D eigenvalue weighted by molar-refractivity contribution is 5.69. The molecule has 0 aliphatic rings. The minimum atomic E-state index is 0.0718. The molecule has 90 valence electrons. The summed E-state index contributed by atoms with van der Waals surface area (Å²) in [6.45, 7) is 8.75. The van der Waals surface area contributed by atoms with Crippen molar-refractivity contribution in [3.63, 3.8) is 0 Å². The van der Waals surface area contributed by atoms with Gasteiger partial charge in [0.1, 0.15) is 5.52 Å². The van der Waals surface area contributed by atoms with E-state index >= 15 is 0 Å². The molecule has 0 aliphatic carbocycles. The number of rotatable bonds is 3. The van der Waals surface area contributed by atoms with Crippen LogP contribution in [0.15, 0.2) is 18.3 Å². The predicted molar refractivity (Wildman–Crippen MR) is 70.0 cm³/mol. The van der Waals surface area contributed by atoms with Crippen molar-refractivity contribution in [2.75, 3.05) is 0 Å². The Kier molecular flexibility index (Phi) is 3.09. The molecule has 2 rings (SSSR count). The van der Waals surface area contributed by atoms with Crippen molar-refractivity contribution >= 4 is 11.2 Å². The lowest BCUT2D eigenvalue weighted by atomic mass is 9.84. The Morgan fingerprint density at radius 3 is 2.59 bits per heavy atom. The van der Waals surface area contributed by atoms with Gasteiger partial charge in [-0.25, -0.2) is 15.0 Å². The second-order valence-electron chi connectivity index (χ2n) is 4.96. The summed E-state index contributed by atoms with van der Waals surface area (Å²) >= 11 is 0. The molecule has 2 aromatic heterocycles. The van der Waals surface area contributed by atoms with E-state index in [1.54, 1.807) is 6.20 Å². The van der Waals surface area contributed by atoms with Crippen LogP contribution in [0, 0.1) is 0 Å².